The van der Waals surface area contributed by atoms with Gasteiger partial charge in [0.25, 0.3) is 0 Å². The van der Waals surface area contributed by atoms with Gasteiger partial charge in [-0.15, -0.1) is 0 Å². The number of piperidine rings is 1. The van der Waals surface area contributed by atoms with Crippen molar-refractivity contribution in [3.05, 3.63) is 17.7 Å². The smallest absolute Gasteiger partial charge is 0.307 e. The number of nitrogens with zero attached hydrogens (tertiary/aromatic N) is 3. The highest BCUT2D eigenvalue weighted by Gasteiger charge is 2.28. The van der Waals surface area contributed by atoms with Gasteiger partial charge in [0.2, 0.25) is 0 Å². The first-order valence-corrected chi connectivity index (χ1v) is 7.11. The number of aryl methyl sites for hydroxylation is 1. The zero-order valence-corrected chi connectivity index (χ0v) is 11.4. The zero-order valence-electron chi connectivity index (χ0n) is 11.4. The van der Waals surface area contributed by atoms with Crippen molar-refractivity contribution >= 4 is 5.97 Å². The number of carbonyl (C=O) groups is 1. The Labute approximate surface area is 113 Å². The summed E-state index contributed by atoms with van der Waals surface area (Å²) in [6.07, 6.45) is 5.79. The van der Waals surface area contributed by atoms with Crippen molar-refractivity contribution in [1.82, 2.24) is 14.5 Å². The van der Waals surface area contributed by atoms with Crippen LogP contribution >= 0.6 is 0 Å². The van der Waals surface area contributed by atoms with E-state index in [-0.39, 0.29) is 5.92 Å². The third-order valence-corrected chi connectivity index (χ3v) is 4.51. The molecule has 5 nitrogen and oxygen atoms in total. The van der Waals surface area contributed by atoms with Gasteiger partial charge in [0.05, 0.1) is 11.6 Å². The molecule has 0 aliphatic carbocycles. The number of aliphatic carboxylic acids is 1. The van der Waals surface area contributed by atoms with Crippen molar-refractivity contribution in [2.24, 2.45) is 5.92 Å². The summed E-state index contributed by atoms with van der Waals surface area (Å²) >= 11 is 0. The number of fused-ring (bicyclic) bond motifs is 1. The average Bonchev–Trinajstić information content (AvgIpc) is 2.82. The molecule has 1 atom stereocenters. The standard InChI is InChI=1S/C14H21N3O2/c1-16-5-2-10(3-6-16)12-9-17-7-4-11(14(18)19)8-13(17)15-12/h9-11H,2-8H2,1H3,(H,18,19). The minimum Gasteiger partial charge on any atom is -0.481 e. The van der Waals surface area contributed by atoms with Gasteiger partial charge < -0.3 is 14.6 Å². The summed E-state index contributed by atoms with van der Waals surface area (Å²) < 4.78 is 2.16. The summed E-state index contributed by atoms with van der Waals surface area (Å²) in [5.74, 6) is 0.584. The minimum absolute atomic E-state index is 0.250. The lowest BCUT2D eigenvalue weighted by Gasteiger charge is -2.27. The molecule has 0 saturated carbocycles. The molecule has 2 aliphatic rings. The summed E-state index contributed by atoms with van der Waals surface area (Å²) in [7, 11) is 2.16. The Hall–Kier alpha value is -1.36. The minimum atomic E-state index is -0.685. The Morgan fingerprint density at radius 2 is 2.05 bits per heavy atom. The number of likely N-dealkylation sites (tertiary alicyclic amines) is 1. The maximum atomic E-state index is 11.1. The number of imidazole rings is 1. The van der Waals surface area contributed by atoms with Crippen molar-refractivity contribution in [3.63, 3.8) is 0 Å². The molecule has 0 amide bonds. The summed E-state index contributed by atoms with van der Waals surface area (Å²) in [6.45, 7) is 3.06. The van der Waals surface area contributed by atoms with E-state index in [4.69, 9.17) is 10.1 Å². The molecular weight excluding hydrogens is 242 g/mol. The van der Waals surface area contributed by atoms with E-state index in [9.17, 15) is 4.79 Å². The van der Waals surface area contributed by atoms with Crippen molar-refractivity contribution < 1.29 is 9.90 Å². The molecule has 1 N–H and O–H groups in total. The fraction of sp³-hybridized carbons (Fsp3) is 0.714. The van der Waals surface area contributed by atoms with Crippen LogP contribution in [-0.4, -0.2) is 45.7 Å². The van der Waals surface area contributed by atoms with Crippen LogP contribution in [0.15, 0.2) is 6.20 Å². The highest BCUT2D eigenvalue weighted by molar-refractivity contribution is 5.70. The van der Waals surface area contributed by atoms with Gasteiger partial charge in [-0.1, -0.05) is 0 Å². The lowest BCUT2D eigenvalue weighted by Crippen LogP contribution is -2.29. The van der Waals surface area contributed by atoms with Crippen LogP contribution in [-0.2, 0) is 17.8 Å². The van der Waals surface area contributed by atoms with Crippen LogP contribution in [0.4, 0.5) is 0 Å². The van der Waals surface area contributed by atoms with E-state index in [0.717, 1.165) is 44.7 Å². The fourth-order valence-corrected chi connectivity index (χ4v) is 3.16. The van der Waals surface area contributed by atoms with Crippen LogP contribution in [0.3, 0.4) is 0 Å². The Bertz CT molecular complexity index is 475. The van der Waals surface area contributed by atoms with E-state index in [0.29, 0.717) is 12.3 Å². The Morgan fingerprint density at radius 3 is 2.74 bits per heavy atom. The highest BCUT2D eigenvalue weighted by atomic mass is 16.4. The first-order valence-electron chi connectivity index (χ1n) is 7.11. The summed E-state index contributed by atoms with van der Waals surface area (Å²) in [5, 5.41) is 9.11. The molecule has 3 rings (SSSR count). The van der Waals surface area contributed by atoms with Gasteiger partial charge in [-0.3, -0.25) is 4.79 Å². The third kappa shape index (κ3) is 2.52. The van der Waals surface area contributed by atoms with Gasteiger partial charge in [0, 0.05) is 25.1 Å². The molecule has 1 aromatic rings. The lowest BCUT2D eigenvalue weighted by atomic mass is 9.94. The molecule has 0 aromatic carbocycles. The monoisotopic (exact) mass is 263 g/mol. The SMILES string of the molecule is CN1CCC(c2cn3c(n2)CC(C(=O)O)CC3)CC1. The second-order valence-corrected chi connectivity index (χ2v) is 5.88. The molecule has 3 heterocycles. The van der Waals surface area contributed by atoms with E-state index in [1.54, 1.807) is 0 Å². The van der Waals surface area contributed by atoms with Crippen molar-refractivity contribution in [2.75, 3.05) is 20.1 Å². The summed E-state index contributed by atoms with van der Waals surface area (Å²) in [5.41, 5.74) is 1.18. The van der Waals surface area contributed by atoms with Crippen LogP contribution in [0.5, 0.6) is 0 Å². The van der Waals surface area contributed by atoms with Crippen LogP contribution < -0.4 is 0 Å². The van der Waals surface area contributed by atoms with E-state index in [2.05, 4.69) is 22.7 Å². The number of carboxylic acids is 1. The molecule has 5 heteroatoms. The van der Waals surface area contributed by atoms with Gasteiger partial charge in [0.1, 0.15) is 5.82 Å². The average molecular weight is 263 g/mol. The number of aromatic nitrogens is 2. The number of hydrogen-bond donors (Lipinski definition) is 1. The molecule has 1 unspecified atom stereocenters. The number of hydrogen-bond acceptors (Lipinski definition) is 3. The molecule has 1 fully saturated rings. The van der Waals surface area contributed by atoms with Crippen molar-refractivity contribution in [1.29, 1.82) is 0 Å². The molecule has 0 bridgehead atoms. The number of rotatable bonds is 2. The predicted molar refractivity (Wildman–Crippen MR) is 71.1 cm³/mol. The Balaban J connectivity index is 1.74. The summed E-state index contributed by atoms with van der Waals surface area (Å²) in [6, 6.07) is 0. The molecule has 19 heavy (non-hydrogen) atoms. The summed E-state index contributed by atoms with van der Waals surface area (Å²) in [4.78, 5) is 18.1. The second kappa shape index (κ2) is 4.96. The van der Waals surface area contributed by atoms with E-state index in [1.807, 2.05) is 0 Å². The molecular formula is C14H21N3O2. The highest BCUT2D eigenvalue weighted by Crippen LogP contribution is 2.29. The van der Waals surface area contributed by atoms with Crippen molar-refractivity contribution in [2.45, 2.75) is 38.1 Å². The van der Waals surface area contributed by atoms with Crippen LogP contribution in [0, 0.1) is 5.92 Å². The van der Waals surface area contributed by atoms with Gasteiger partial charge in [0.15, 0.2) is 0 Å². The first-order chi connectivity index (χ1) is 9.13. The van der Waals surface area contributed by atoms with Gasteiger partial charge in [-0.05, 0) is 39.4 Å². The largest absolute Gasteiger partial charge is 0.481 e. The third-order valence-electron chi connectivity index (χ3n) is 4.51. The number of carboxylic acid groups (broad SMARTS) is 1. The maximum absolute atomic E-state index is 11.1. The Morgan fingerprint density at radius 1 is 1.32 bits per heavy atom. The molecule has 2 aliphatic heterocycles. The molecule has 1 saturated heterocycles. The van der Waals surface area contributed by atoms with Crippen LogP contribution in [0.25, 0.3) is 0 Å². The fourth-order valence-electron chi connectivity index (χ4n) is 3.16. The first kappa shape index (κ1) is 12.7. The quantitative estimate of drug-likeness (QED) is 0.874. The van der Waals surface area contributed by atoms with Crippen LogP contribution in [0.1, 0.15) is 36.7 Å². The van der Waals surface area contributed by atoms with E-state index < -0.39 is 5.97 Å². The van der Waals surface area contributed by atoms with Gasteiger partial charge in [-0.25, -0.2) is 4.98 Å². The Kier molecular flexibility index (Phi) is 3.31. The second-order valence-electron chi connectivity index (χ2n) is 5.88. The van der Waals surface area contributed by atoms with Gasteiger partial charge >= 0.3 is 5.97 Å². The topological polar surface area (TPSA) is 58.4 Å². The lowest BCUT2D eigenvalue weighted by molar-refractivity contribution is -0.142. The van der Waals surface area contributed by atoms with E-state index in [1.165, 1.54) is 5.69 Å². The van der Waals surface area contributed by atoms with Crippen molar-refractivity contribution in [3.8, 4) is 0 Å². The predicted octanol–water partition coefficient (Wildman–Crippen LogP) is 1.34. The molecule has 1 aromatic heterocycles. The van der Waals surface area contributed by atoms with Gasteiger partial charge in [-0.2, -0.15) is 0 Å². The molecule has 104 valence electrons. The van der Waals surface area contributed by atoms with Crippen LogP contribution in [0.2, 0.25) is 0 Å². The van der Waals surface area contributed by atoms with E-state index >= 15 is 0 Å². The normalized spacial score (nSPS) is 25.2. The maximum Gasteiger partial charge on any atom is 0.307 e. The molecule has 0 radical (unpaired) electrons. The molecule has 0 spiro atoms. The zero-order chi connectivity index (χ0) is 13.4.